The Morgan fingerprint density at radius 1 is 1.22 bits per heavy atom. The Hall–Kier alpha value is -1.28. The van der Waals surface area contributed by atoms with Crippen molar-refractivity contribution in [2.45, 2.75) is 4.21 Å². The third-order valence-electron chi connectivity index (χ3n) is 2.37. The number of aromatic nitrogens is 1. The lowest BCUT2D eigenvalue weighted by atomic mass is 10.3. The summed E-state index contributed by atoms with van der Waals surface area (Å²) in [5.41, 5.74) is 1.60. The van der Waals surface area contributed by atoms with Gasteiger partial charge < -0.3 is 0 Å². The molecular formula is C11H7NO3S3. The van der Waals surface area contributed by atoms with E-state index < -0.39 is 10.1 Å². The van der Waals surface area contributed by atoms with E-state index in [1.165, 1.54) is 17.4 Å². The molecule has 92 valence electrons. The fourth-order valence-corrected chi connectivity index (χ4v) is 4.11. The predicted molar refractivity (Wildman–Crippen MR) is 72.7 cm³/mol. The minimum Gasteiger partial charge on any atom is -0.281 e. The van der Waals surface area contributed by atoms with Crippen molar-refractivity contribution in [3.63, 3.8) is 0 Å². The molecule has 7 heteroatoms. The summed E-state index contributed by atoms with van der Waals surface area (Å²) >= 11 is 2.48. The number of fused-ring (bicyclic) bond motifs is 1. The Bertz CT molecular complexity index is 784. The van der Waals surface area contributed by atoms with Gasteiger partial charge >= 0.3 is 10.1 Å². The summed E-state index contributed by atoms with van der Waals surface area (Å²) in [6.45, 7) is 0. The summed E-state index contributed by atoms with van der Waals surface area (Å²) in [6, 6.07) is 9.15. The molecule has 0 saturated carbocycles. The number of hydrogen-bond acceptors (Lipinski definition) is 5. The highest BCUT2D eigenvalue weighted by atomic mass is 32.3. The highest BCUT2D eigenvalue weighted by molar-refractivity contribution is 7.88. The SMILES string of the molecule is O=S(=O)(O)c1cc(-c2nc3ccccc3s2)cs1. The van der Waals surface area contributed by atoms with Crippen LogP contribution >= 0.6 is 22.7 Å². The van der Waals surface area contributed by atoms with Crippen molar-refractivity contribution in [3.05, 3.63) is 35.7 Å². The lowest BCUT2D eigenvalue weighted by molar-refractivity contribution is 0.485. The Morgan fingerprint density at radius 3 is 2.67 bits per heavy atom. The first-order valence-electron chi connectivity index (χ1n) is 4.96. The van der Waals surface area contributed by atoms with Crippen molar-refractivity contribution >= 4 is 43.0 Å². The zero-order valence-electron chi connectivity index (χ0n) is 8.90. The molecule has 0 unspecified atom stereocenters. The Balaban J connectivity index is 2.12. The highest BCUT2D eigenvalue weighted by Gasteiger charge is 2.15. The van der Waals surface area contributed by atoms with E-state index in [0.29, 0.717) is 5.56 Å². The van der Waals surface area contributed by atoms with Gasteiger partial charge in [-0.15, -0.1) is 22.7 Å². The molecule has 3 aromatic rings. The van der Waals surface area contributed by atoms with Gasteiger partial charge in [-0.25, -0.2) is 4.98 Å². The number of thiazole rings is 1. The average molecular weight is 297 g/mol. The van der Waals surface area contributed by atoms with Gasteiger partial charge in [-0.1, -0.05) is 12.1 Å². The summed E-state index contributed by atoms with van der Waals surface area (Å²) < 4.78 is 31.9. The second-order valence-corrected chi connectivity index (χ2v) is 7.21. The molecule has 0 spiro atoms. The van der Waals surface area contributed by atoms with Gasteiger partial charge in [-0.3, -0.25) is 4.55 Å². The molecule has 3 rings (SSSR count). The number of thiophene rings is 1. The maximum Gasteiger partial charge on any atom is 0.304 e. The van der Waals surface area contributed by atoms with E-state index in [1.54, 1.807) is 5.38 Å². The Morgan fingerprint density at radius 2 is 2.00 bits per heavy atom. The molecule has 2 heterocycles. The molecular weight excluding hydrogens is 290 g/mol. The predicted octanol–water partition coefficient (Wildman–Crippen LogP) is 3.27. The van der Waals surface area contributed by atoms with Gasteiger partial charge in [-0.2, -0.15) is 8.42 Å². The molecule has 18 heavy (non-hydrogen) atoms. The number of nitrogens with zero attached hydrogens (tertiary/aromatic N) is 1. The molecule has 4 nitrogen and oxygen atoms in total. The van der Waals surface area contributed by atoms with Crippen LogP contribution in [-0.2, 0) is 10.1 Å². The van der Waals surface area contributed by atoms with E-state index in [2.05, 4.69) is 4.98 Å². The minimum atomic E-state index is -4.12. The van der Waals surface area contributed by atoms with E-state index in [0.717, 1.165) is 26.6 Å². The van der Waals surface area contributed by atoms with Crippen LogP contribution in [0.3, 0.4) is 0 Å². The summed E-state index contributed by atoms with van der Waals surface area (Å²) in [7, 11) is -4.12. The molecule has 1 aromatic carbocycles. The van der Waals surface area contributed by atoms with E-state index in [-0.39, 0.29) is 4.21 Å². The van der Waals surface area contributed by atoms with Gasteiger partial charge in [0.1, 0.15) is 9.22 Å². The van der Waals surface area contributed by atoms with Crippen molar-refractivity contribution in [3.8, 4) is 10.6 Å². The number of hydrogen-bond donors (Lipinski definition) is 1. The van der Waals surface area contributed by atoms with Crippen LogP contribution in [0.1, 0.15) is 0 Å². The second kappa shape index (κ2) is 4.13. The van der Waals surface area contributed by atoms with E-state index >= 15 is 0 Å². The minimum absolute atomic E-state index is 0.0586. The molecule has 1 N–H and O–H groups in total. The van der Waals surface area contributed by atoms with Gasteiger partial charge in [0.05, 0.1) is 10.2 Å². The topological polar surface area (TPSA) is 67.3 Å². The molecule has 0 fully saturated rings. The maximum atomic E-state index is 11.0. The third-order valence-corrected chi connectivity index (χ3v) is 5.72. The van der Waals surface area contributed by atoms with Crippen LogP contribution in [-0.4, -0.2) is 18.0 Å². The molecule has 0 aliphatic heterocycles. The second-order valence-electron chi connectivity index (χ2n) is 3.62. The molecule has 2 aromatic heterocycles. The first-order chi connectivity index (χ1) is 8.54. The van der Waals surface area contributed by atoms with Gasteiger partial charge in [0.15, 0.2) is 0 Å². The largest absolute Gasteiger partial charge is 0.304 e. The van der Waals surface area contributed by atoms with Crippen LogP contribution in [0.5, 0.6) is 0 Å². The lowest BCUT2D eigenvalue weighted by Crippen LogP contribution is -1.93. The number of para-hydroxylation sites is 1. The van der Waals surface area contributed by atoms with Gasteiger partial charge in [0, 0.05) is 10.9 Å². The normalized spacial score (nSPS) is 12.1. The van der Waals surface area contributed by atoms with Gasteiger partial charge in [-0.05, 0) is 18.2 Å². The molecule has 0 radical (unpaired) electrons. The molecule has 0 atom stereocenters. The van der Waals surface area contributed by atoms with Gasteiger partial charge in [0.25, 0.3) is 0 Å². The summed E-state index contributed by atoms with van der Waals surface area (Å²) in [5.74, 6) is 0. The van der Waals surface area contributed by atoms with E-state index in [1.807, 2.05) is 24.3 Å². The molecule has 0 aliphatic rings. The van der Waals surface area contributed by atoms with E-state index in [4.69, 9.17) is 4.55 Å². The number of rotatable bonds is 2. The van der Waals surface area contributed by atoms with E-state index in [9.17, 15) is 8.42 Å². The number of benzene rings is 1. The fourth-order valence-electron chi connectivity index (χ4n) is 1.56. The van der Waals surface area contributed by atoms with Crippen molar-refractivity contribution < 1.29 is 13.0 Å². The zero-order chi connectivity index (χ0) is 12.8. The van der Waals surface area contributed by atoms with Crippen LogP contribution in [0.25, 0.3) is 20.8 Å². The Labute approximate surface area is 111 Å². The van der Waals surface area contributed by atoms with Crippen molar-refractivity contribution in [1.82, 2.24) is 4.98 Å². The Kier molecular flexibility index (Phi) is 2.70. The van der Waals surface area contributed by atoms with Crippen LogP contribution in [0, 0.1) is 0 Å². The van der Waals surface area contributed by atoms with Crippen LogP contribution < -0.4 is 0 Å². The zero-order valence-corrected chi connectivity index (χ0v) is 11.3. The van der Waals surface area contributed by atoms with Crippen molar-refractivity contribution in [2.75, 3.05) is 0 Å². The molecule has 0 bridgehead atoms. The first kappa shape index (κ1) is 11.8. The standard InChI is InChI=1S/C11H7NO3S3/c13-18(14,15)10-5-7(6-16-10)11-12-8-3-1-2-4-9(8)17-11/h1-6H,(H,13,14,15). The monoisotopic (exact) mass is 297 g/mol. The smallest absolute Gasteiger partial charge is 0.281 e. The van der Waals surface area contributed by atoms with Crippen LogP contribution in [0.15, 0.2) is 39.9 Å². The summed E-state index contributed by atoms with van der Waals surface area (Å²) in [5, 5.41) is 2.43. The summed E-state index contributed by atoms with van der Waals surface area (Å²) in [6.07, 6.45) is 0. The average Bonchev–Trinajstić information content (AvgIpc) is 2.94. The molecule has 0 saturated heterocycles. The van der Waals surface area contributed by atoms with Crippen LogP contribution in [0.2, 0.25) is 0 Å². The third kappa shape index (κ3) is 2.05. The van der Waals surface area contributed by atoms with Crippen molar-refractivity contribution in [2.24, 2.45) is 0 Å². The van der Waals surface area contributed by atoms with Gasteiger partial charge in [0.2, 0.25) is 0 Å². The van der Waals surface area contributed by atoms with Crippen LogP contribution in [0.4, 0.5) is 0 Å². The van der Waals surface area contributed by atoms with Crippen molar-refractivity contribution in [1.29, 1.82) is 0 Å². The highest BCUT2D eigenvalue weighted by Crippen LogP contribution is 2.33. The lowest BCUT2D eigenvalue weighted by Gasteiger charge is -1.88. The molecule has 0 amide bonds. The summed E-state index contributed by atoms with van der Waals surface area (Å²) in [4.78, 5) is 4.43. The first-order valence-corrected chi connectivity index (χ1v) is 8.09. The fraction of sp³-hybridized carbons (Fsp3) is 0. The quantitative estimate of drug-likeness (QED) is 0.737. The maximum absolute atomic E-state index is 11.0. The molecule has 0 aliphatic carbocycles.